The molecule has 0 unspecified atom stereocenters. The highest BCUT2D eigenvalue weighted by Crippen LogP contribution is 2.16. The quantitative estimate of drug-likeness (QED) is 0.723. The van der Waals surface area contributed by atoms with Crippen LogP contribution in [0.5, 0.6) is 0 Å². The predicted molar refractivity (Wildman–Crippen MR) is 89.4 cm³/mol. The summed E-state index contributed by atoms with van der Waals surface area (Å²) in [6.07, 6.45) is 1.26. The van der Waals surface area contributed by atoms with Crippen LogP contribution >= 0.6 is 0 Å². The minimum atomic E-state index is -1.15. The Labute approximate surface area is 137 Å². The molecule has 4 nitrogen and oxygen atoms in total. The fourth-order valence-corrected chi connectivity index (χ4v) is 2.03. The number of hydrogen-bond acceptors (Lipinski definition) is 2. The number of carbonyl (C=O) groups excluding carboxylic acids is 2. The van der Waals surface area contributed by atoms with Crippen molar-refractivity contribution in [1.29, 1.82) is 0 Å². The third-order valence-electron chi connectivity index (χ3n) is 3.78. The molecule has 0 spiro atoms. The van der Waals surface area contributed by atoms with Gasteiger partial charge in [0.25, 0.3) is 0 Å². The number of rotatable bonds is 8. The Bertz CT molecular complexity index is 542. The van der Waals surface area contributed by atoms with E-state index in [0.29, 0.717) is 31.0 Å². The summed E-state index contributed by atoms with van der Waals surface area (Å²) in [7, 11) is 0. The third-order valence-corrected chi connectivity index (χ3v) is 3.78. The summed E-state index contributed by atoms with van der Waals surface area (Å²) < 4.78 is 13.5. The molecule has 0 radical (unpaired) electrons. The second-order valence-electron chi connectivity index (χ2n) is 6.66. The molecule has 0 bridgehead atoms. The molecule has 1 aromatic rings. The van der Waals surface area contributed by atoms with Crippen LogP contribution in [0.3, 0.4) is 0 Å². The Morgan fingerprint density at radius 2 is 1.65 bits per heavy atom. The summed E-state index contributed by atoms with van der Waals surface area (Å²) in [6.45, 7) is 8.19. The van der Waals surface area contributed by atoms with Crippen LogP contribution in [0.4, 0.5) is 4.39 Å². The normalized spacial score (nSPS) is 11.4. The lowest BCUT2D eigenvalue weighted by atomic mass is 9.91. The molecule has 0 heterocycles. The van der Waals surface area contributed by atoms with Crippen molar-refractivity contribution in [3.05, 3.63) is 35.6 Å². The lowest BCUT2D eigenvalue weighted by Crippen LogP contribution is -2.48. The Balaban J connectivity index is 2.45. The third kappa shape index (κ3) is 6.00. The Morgan fingerprint density at radius 1 is 1.09 bits per heavy atom. The first kappa shape index (κ1) is 19.1. The highest BCUT2D eigenvalue weighted by molar-refractivity contribution is 6.04. The molecule has 5 heteroatoms. The van der Waals surface area contributed by atoms with E-state index in [2.05, 4.69) is 24.5 Å². The van der Waals surface area contributed by atoms with E-state index in [-0.39, 0.29) is 17.6 Å². The van der Waals surface area contributed by atoms with Gasteiger partial charge in [0, 0.05) is 13.1 Å². The van der Waals surface area contributed by atoms with Crippen LogP contribution in [0, 0.1) is 17.2 Å². The molecule has 1 rings (SSSR count). The Hall–Kier alpha value is -1.91. The van der Waals surface area contributed by atoms with Gasteiger partial charge in [0.2, 0.25) is 11.8 Å². The number of benzene rings is 1. The van der Waals surface area contributed by atoms with Gasteiger partial charge in [-0.3, -0.25) is 9.59 Å². The smallest absolute Gasteiger partial charge is 0.235 e. The van der Waals surface area contributed by atoms with Gasteiger partial charge in [0.1, 0.15) is 11.2 Å². The molecule has 2 N–H and O–H groups in total. The topological polar surface area (TPSA) is 58.2 Å². The van der Waals surface area contributed by atoms with Crippen molar-refractivity contribution >= 4 is 11.8 Å². The van der Waals surface area contributed by atoms with Gasteiger partial charge < -0.3 is 10.6 Å². The average molecular weight is 322 g/mol. The van der Waals surface area contributed by atoms with E-state index in [1.165, 1.54) is 6.07 Å². The lowest BCUT2D eigenvalue weighted by molar-refractivity contribution is -0.141. The molecule has 2 amide bonds. The van der Waals surface area contributed by atoms with Crippen molar-refractivity contribution in [2.24, 2.45) is 11.3 Å². The van der Waals surface area contributed by atoms with Gasteiger partial charge in [0.15, 0.2) is 0 Å². The van der Waals surface area contributed by atoms with Gasteiger partial charge in [0.05, 0.1) is 0 Å². The van der Waals surface area contributed by atoms with E-state index in [1.54, 1.807) is 32.0 Å². The van der Waals surface area contributed by atoms with Crippen molar-refractivity contribution in [3.63, 3.8) is 0 Å². The number of halogens is 1. The number of nitrogens with one attached hydrogen (secondary N) is 2. The van der Waals surface area contributed by atoms with Crippen LogP contribution < -0.4 is 10.6 Å². The molecule has 0 aliphatic heterocycles. The number of amides is 2. The van der Waals surface area contributed by atoms with E-state index in [4.69, 9.17) is 0 Å². The fraction of sp³-hybridized carbons (Fsp3) is 0.556. The standard InChI is InChI=1S/C18H27FN2O2/c1-13(2)9-11-20-16(22)18(3,4)17(23)21-12-10-14-7-5-6-8-15(14)19/h5-8,13H,9-12H2,1-4H3,(H,20,22)(H,21,23). The van der Waals surface area contributed by atoms with Gasteiger partial charge in [-0.15, -0.1) is 0 Å². The van der Waals surface area contributed by atoms with E-state index in [1.807, 2.05) is 0 Å². The molecule has 0 aliphatic rings. The largest absolute Gasteiger partial charge is 0.355 e. The first-order chi connectivity index (χ1) is 10.7. The maximum Gasteiger partial charge on any atom is 0.235 e. The molecule has 0 saturated heterocycles. The van der Waals surface area contributed by atoms with Crippen LogP contribution in [-0.4, -0.2) is 24.9 Å². The molecule has 0 saturated carbocycles. The maximum absolute atomic E-state index is 13.5. The maximum atomic E-state index is 13.5. The fourth-order valence-electron chi connectivity index (χ4n) is 2.03. The van der Waals surface area contributed by atoms with Gasteiger partial charge >= 0.3 is 0 Å². The molecule has 0 aliphatic carbocycles. The minimum Gasteiger partial charge on any atom is -0.355 e. The van der Waals surface area contributed by atoms with E-state index < -0.39 is 5.41 Å². The zero-order valence-corrected chi connectivity index (χ0v) is 14.4. The SMILES string of the molecule is CC(C)CCNC(=O)C(C)(C)C(=O)NCCc1ccccc1F. The van der Waals surface area contributed by atoms with E-state index in [9.17, 15) is 14.0 Å². The summed E-state index contributed by atoms with van der Waals surface area (Å²) in [4.78, 5) is 24.4. The molecule has 0 atom stereocenters. The molecular formula is C18H27FN2O2. The first-order valence-corrected chi connectivity index (χ1v) is 8.05. The van der Waals surface area contributed by atoms with Crippen LogP contribution in [0.25, 0.3) is 0 Å². The summed E-state index contributed by atoms with van der Waals surface area (Å²) in [5.41, 5.74) is -0.598. The number of carbonyl (C=O) groups is 2. The zero-order chi connectivity index (χ0) is 17.5. The first-order valence-electron chi connectivity index (χ1n) is 8.05. The van der Waals surface area contributed by atoms with E-state index in [0.717, 1.165) is 6.42 Å². The highest BCUT2D eigenvalue weighted by atomic mass is 19.1. The second-order valence-corrected chi connectivity index (χ2v) is 6.66. The molecule has 0 aromatic heterocycles. The Kier molecular flexibility index (Phi) is 7.20. The van der Waals surface area contributed by atoms with Crippen LogP contribution in [0.2, 0.25) is 0 Å². The molecule has 23 heavy (non-hydrogen) atoms. The summed E-state index contributed by atoms with van der Waals surface area (Å²) in [5.74, 6) is -0.433. The number of hydrogen-bond donors (Lipinski definition) is 2. The Morgan fingerprint density at radius 3 is 2.22 bits per heavy atom. The monoisotopic (exact) mass is 322 g/mol. The summed E-state index contributed by atoms with van der Waals surface area (Å²) in [5, 5.41) is 5.50. The molecular weight excluding hydrogens is 295 g/mol. The zero-order valence-electron chi connectivity index (χ0n) is 14.4. The predicted octanol–water partition coefficient (Wildman–Crippen LogP) is 2.67. The van der Waals surface area contributed by atoms with Crippen molar-refractivity contribution in [3.8, 4) is 0 Å². The van der Waals surface area contributed by atoms with Crippen LogP contribution in [0.15, 0.2) is 24.3 Å². The average Bonchev–Trinajstić information content (AvgIpc) is 2.48. The minimum absolute atomic E-state index is 0.285. The van der Waals surface area contributed by atoms with Crippen LogP contribution in [-0.2, 0) is 16.0 Å². The van der Waals surface area contributed by atoms with Crippen molar-refractivity contribution in [1.82, 2.24) is 10.6 Å². The van der Waals surface area contributed by atoms with E-state index >= 15 is 0 Å². The second kappa shape index (κ2) is 8.65. The van der Waals surface area contributed by atoms with Crippen molar-refractivity contribution in [2.45, 2.75) is 40.5 Å². The van der Waals surface area contributed by atoms with Gasteiger partial charge in [-0.05, 0) is 44.2 Å². The summed E-state index contributed by atoms with van der Waals surface area (Å²) in [6, 6.07) is 6.46. The van der Waals surface area contributed by atoms with Crippen molar-refractivity contribution < 1.29 is 14.0 Å². The van der Waals surface area contributed by atoms with Crippen molar-refractivity contribution in [2.75, 3.05) is 13.1 Å². The highest BCUT2D eigenvalue weighted by Gasteiger charge is 2.35. The van der Waals surface area contributed by atoms with Gasteiger partial charge in [-0.25, -0.2) is 4.39 Å². The summed E-state index contributed by atoms with van der Waals surface area (Å²) >= 11 is 0. The molecule has 128 valence electrons. The molecule has 0 fully saturated rings. The molecule has 1 aromatic carbocycles. The van der Waals surface area contributed by atoms with Gasteiger partial charge in [-0.2, -0.15) is 0 Å². The van der Waals surface area contributed by atoms with Gasteiger partial charge in [-0.1, -0.05) is 32.0 Å². The van der Waals surface area contributed by atoms with Crippen LogP contribution in [0.1, 0.15) is 39.7 Å². The lowest BCUT2D eigenvalue weighted by Gasteiger charge is -2.23.